The zero-order valence-electron chi connectivity index (χ0n) is 18.6. The van der Waals surface area contributed by atoms with Crippen molar-refractivity contribution in [3.05, 3.63) is 76.6 Å². The maximum atomic E-state index is 10.0. The van der Waals surface area contributed by atoms with E-state index in [1.54, 1.807) is 0 Å². The minimum absolute atomic E-state index is 0.0280. The molecule has 1 atom stereocenters. The molecule has 2 N–H and O–H groups in total. The molecular formula is C25H29ClN6O. The molecule has 3 heterocycles. The number of halogens is 1. The fourth-order valence-electron chi connectivity index (χ4n) is 4.78. The van der Waals surface area contributed by atoms with Gasteiger partial charge in [0.05, 0.1) is 12.6 Å². The van der Waals surface area contributed by atoms with Gasteiger partial charge in [0.2, 0.25) is 17.2 Å². The summed E-state index contributed by atoms with van der Waals surface area (Å²) in [7, 11) is 0. The van der Waals surface area contributed by atoms with Gasteiger partial charge >= 0.3 is 0 Å². The minimum Gasteiger partial charge on any atom is -0.394 e. The van der Waals surface area contributed by atoms with E-state index in [9.17, 15) is 5.11 Å². The Balaban J connectivity index is 1.25. The summed E-state index contributed by atoms with van der Waals surface area (Å²) in [5.74, 6) is 1.01. The Hall–Kier alpha value is -2.74. The van der Waals surface area contributed by atoms with Crippen LogP contribution in [0, 0.1) is 0 Å². The van der Waals surface area contributed by atoms with E-state index in [1.165, 1.54) is 16.7 Å². The first-order chi connectivity index (χ1) is 16.2. The molecule has 0 radical (unpaired) electrons. The van der Waals surface area contributed by atoms with Crippen molar-refractivity contribution in [2.75, 3.05) is 29.9 Å². The van der Waals surface area contributed by atoms with E-state index in [-0.39, 0.29) is 17.9 Å². The van der Waals surface area contributed by atoms with Crippen LogP contribution in [0.4, 0.5) is 11.9 Å². The van der Waals surface area contributed by atoms with E-state index in [1.807, 2.05) is 17.0 Å². The summed E-state index contributed by atoms with van der Waals surface area (Å²) < 4.78 is 0. The van der Waals surface area contributed by atoms with Crippen LogP contribution < -0.4 is 10.2 Å². The summed E-state index contributed by atoms with van der Waals surface area (Å²) in [6.45, 7) is 3.69. The highest BCUT2D eigenvalue weighted by Gasteiger charge is 2.28. The average molecular weight is 465 g/mol. The first-order valence-electron chi connectivity index (χ1n) is 11.6. The number of aliphatic hydroxyl groups excluding tert-OH is 1. The van der Waals surface area contributed by atoms with Crippen LogP contribution in [0.5, 0.6) is 0 Å². The molecular weight excluding hydrogens is 436 g/mol. The van der Waals surface area contributed by atoms with E-state index in [2.05, 4.69) is 62.6 Å². The number of nitrogens with one attached hydrogen (secondary N) is 1. The van der Waals surface area contributed by atoms with Crippen LogP contribution in [0.15, 0.2) is 54.6 Å². The minimum atomic E-state index is -0.0903. The molecule has 0 unspecified atom stereocenters. The lowest BCUT2D eigenvalue weighted by molar-refractivity contribution is 0.211. The van der Waals surface area contributed by atoms with E-state index in [4.69, 9.17) is 16.6 Å². The molecule has 5 rings (SSSR count). The number of aromatic nitrogens is 3. The molecule has 8 heteroatoms. The van der Waals surface area contributed by atoms with Gasteiger partial charge in [-0.2, -0.15) is 15.0 Å². The molecule has 3 aromatic rings. The Morgan fingerprint density at radius 3 is 2.42 bits per heavy atom. The lowest BCUT2D eigenvalue weighted by Gasteiger charge is -2.36. The van der Waals surface area contributed by atoms with Gasteiger partial charge in [-0.25, -0.2) is 0 Å². The highest BCUT2D eigenvalue weighted by atomic mass is 35.5. The molecule has 0 bridgehead atoms. The van der Waals surface area contributed by atoms with E-state index in [0.29, 0.717) is 24.5 Å². The molecule has 172 valence electrons. The second-order valence-electron chi connectivity index (χ2n) is 8.85. The topological polar surface area (TPSA) is 77.4 Å². The second-order valence-corrected chi connectivity index (χ2v) is 9.18. The maximum absolute atomic E-state index is 10.0. The van der Waals surface area contributed by atoms with Gasteiger partial charge < -0.3 is 15.3 Å². The lowest BCUT2D eigenvalue weighted by Crippen LogP contribution is -2.44. The van der Waals surface area contributed by atoms with Crippen LogP contribution in [-0.2, 0) is 19.5 Å². The summed E-state index contributed by atoms with van der Waals surface area (Å²) in [4.78, 5) is 17.9. The van der Waals surface area contributed by atoms with Gasteiger partial charge in [0.15, 0.2) is 0 Å². The fourth-order valence-corrected chi connectivity index (χ4v) is 4.93. The molecule has 0 spiro atoms. The Morgan fingerprint density at radius 2 is 1.67 bits per heavy atom. The van der Waals surface area contributed by atoms with Gasteiger partial charge in [-0.15, -0.1) is 0 Å². The van der Waals surface area contributed by atoms with Crippen LogP contribution in [0.1, 0.15) is 29.5 Å². The highest BCUT2D eigenvalue weighted by Crippen LogP contribution is 2.28. The Morgan fingerprint density at radius 1 is 0.939 bits per heavy atom. The number of nitrogens with zero attached hydrogens (tertiary/aromatic N) is 5. The van der Waals surface area contributed by atoms with Crippen LogP contribution in [0.2, 0.25) is 5.28 Å². The third kappa shape index (κ3) is 5.27. The number of hydrogen-bond acceptors (Lipinski definition) is 7. The smallest absolute Gasteiger partial charge is 0.232 e. The fraction of sp³-hybridized carbons (Fsp3) is 0.400. The first-order valence-corrected chi connectivity index (χ1v) is 11.9. The van der Waals surface area contributed by atoms with Crippen molar-refractivity contribution in [1.29, 1.82) is 0 Å². The van der Waals surface area contributed by atoms with Crippen LogP contribution >= 0.6 is 11.6 Å². The predicted octanol–water partition coefficient (Wildman–Crippen LogP) is 3.53. The molecule has 0 saturated carbocycles. The molecule has 7 nitrogen and oxygen atoms in total. The van der Waals surface area contributed by atoms with Crippen molar-refractivity contribution < 1.29 is 5.11 Å². The molecule has 33 heavy (non-hydrogen) atoms. The molecule has 1 fully saturated rings. The molecule has 0 amide bonds. The Kier molecular flexibility index (Phi) is 6.71. The highest BCUT2D eigenvalue weighted by molar-refractivity contribution is 6.28. The molecule has 2 aliphatic heterocycles. The summed E-state index contributed by atoms with van der Waals surface area (Å²) in [6, 6.07) is 19.1. The molecule has 1 saturated heterocycles. The monoisotopic (exact) mass is 464 g/mol. The predicted molar refractivity (Wildman–Crippen MR) is 130 cm³/mol. The molecule has 1 aromatic heterocycles. The van der Waals surface area contributed by atoms with Crippen molar-refractivity contribution in [1.82, 2.24) is 19.9 Å². The van der Waals surface area contributed by atoms with Crippen molar-refractivity contribution in [2.45, 2.75) is 44.4 Å². The van der Waals surface area contributed by atoms with E-state index < -0.39 is 0 Å². The quantitative estimate of drug-likeness (QED) is 0.577. The number of likely N-dealkylation sites (tertiary alicyclic amines) is 1. The van der Waals surface area contributed by atoms with E-state index in [0.717, 1.165) is 38.9 Å². The van der Waals surface area contributed by atoms with Gasteiger partial charge in [-0.05, 0) is 47.6 Å². The van der Waals surface area contributed by atoms with Crippen LogP contribution in [-0.4, -0.2) is 56.7 Å². The zero-order chi connectivity index (χ0) is 22.6. The summed E-state index contributed by atoms with van der Waals surface area (Å²) >= 11 is 6.29. The summed E-state index contributed by atoms with van der Waals surface area (Å²) in [5, 5.41) is 13.7. The second kappa shape index (κ2) is 10.0. The number of piperidine rings is 1. The van der Waals surface area contributed by atoms with Gasteiger partial charge in [-0.3, -0.25) is 4.90 Å². The maximum Gasteiger partial charge on any atom is 0.232 e. The number of hydrogen-bond donors (Lipinski definition) is 2. The van der Waals surface area contributed by atoms with E-state index >= 15 is 0 Å². The Labute approximate surface area is 199 Å². The normalized spacial score (nSPS) is 19.3. The zero-order valence-corrected chi connectivity index (χ0v) is 19.3. The summed E-state index contributed by atoms with van der Waals surface area (Å²) in [6.07, 6.45) is 2.78. The molecule has 2 aliphatic rings. The number of fused-ring (bicyclic) bond motifs is 1. The van der Waals surface area contributed by atoms with Crippen LogP contribution in [0.25, 0.3) is 0 Å². The number of rotatable bonds is 6. The van der Waals surface area contributed by atoms with Crippen LogP contribution in [0.3, 0.4) is 0 Å². The SMILES string of the molecule is OC[C@H]1Cc2ccccc2CN1c1nc(Cl)nc(NC2CCN(Cc3ccccc3)CC2)n1. The molecule has 2 aromatic carbocycles. The summed E-state index contributed by atoms with van der Waals surface area (Å²) in [5.41, 5.74) is 3.83. The van der Waals surface area contributed by atoms with Gasteiger partial charge in [0.25, 0.3) is 0 Å². The Bertz CT molecular complexity index is 1070. The lowest BCUT2D eigenvalue weighted by atomic mass is 9.94. The molecule has 0 aliphatic carbocycles. The van der Waals surface area contributed by atoms with Crippen molar-refractivity contribution >= 4 is 23.5 Å². The number of anilines is 2. The first kappa shape index (κ1) is 22.1. The number of aliphatic hydroxyl groups is 1. The van der Waals surface area contributed by atoms with Gasteiger partial charge in [0, 0.05) is 32.2 Å². The average Bonchev–Trinajstić information content (AvgIpc) is 2.84. The van der Waals surface area contributed by atoms with Crippen molar-refractivity contribution in [3.63, 3.8) is 0 Å². The van der Waals surface area contributed by atoms with Crippen molar-refractivity contribution in [3.8, 4) is 0 Å². The largest absolute Gasteiger partial charge is 0.394 e. The number of benzene rings is 2. The third-order valence-electron chi connectivity index (χ3n) is 6.59. The third-order valence-corrected chi connectivity index (χ3v) is 6.76. The van der Waals surface area contributed by atoms with Gasteiger partial charge in [-0.1, -0.05) is 54.6 Å². The standard InChI is InChI=1S/C25H29ClN6O/c26-23-28-24(27-21-10-12-31(13-11-21)15-18-6-2-1-3-7-18)30-25(29-23)32-16-20-9-5-4-8-19(20)14-22(32)17-33/h1-9,21-22,33H,10-17H2,(H,27,28,29,30)/t22-/m1/s1. The van der Waals surface area contributed by atoms with Crippen molar-refractivity contribution in [2.24, 2.45) is 0 Å². The van der Waals surface area contributed by atoms with Gasteiger partial charge in [0.1, 0.15) is 0 Å².